The second-order valence-electron chi connectivity index (χ2n) is 0.602. The molecular weight excluding hydrogens is 321 g/mol. The van der Waals surface area contributed by atoms with E-state index in [1.165, 1.54) is 5.54 Å². The summed E-state index contributed by atoms with van der Waals surface area (Å²) in [5.74, 6) is 0. The summed E-state index contributed by atoms with van der Waals surface area (Å²) in [7, 11) is 0. The van der Waals surface area contributed by atoms with Gasteiger partial charge in [-0.3, -0.25) is 0 Å². The van der Waals surface area contributed by atoms with Crippen LogP contribution >= 0.6 is 11.6 Å². The molecular formula is C2H3BaClN2O6. The van der Waals surface area contributed by atoms with Crippen LogP contribution in [0.1, 0.15) is 0 Å². The molecule has 0 bridgehead atoms. The summed E-state index contributed by atoms with van der Waals surface area (Å²) in [6.45, 7) is 3.13. The van der Waals surface area contributed by atoms with Crippen LogP contribution < -0.4 is 0 Å². The van der Waals surface area contributed by atoms with Crippen molar-refractivity contribution in [1.29, 1.82) is 0 Å². The molecule has 0 aromatic carbocycles. The molecule has 0 unspecified atom stereocenters. The van der Waals surface area contributed by atoms with Gasteiger partial charge in [0.1, 0.15) is 0 Å². The topological polar surface area (TPSA) is 132 Å². The summed E-state index contributed by atoms with van der Waals surface area (Å²) in [4.78, 5) is 16.5. The Balaban J connectivity index is -0.0000000389. The molecule has 0 aliphatic carbocycles. The molecule has 0 fully saturated rings. The Morgan fingerprint density at radius 1 is 1.08 bits per heavy atom. The van der Waals surface area contributed by atoms with Crippen molar-refractivity contribution in [1.82, 2.24) is 0 Å². The second-order valence-corrected chi connectivity index (χ2v) is 0.910. The van der Waals surface area contributed by atoms with Crippen molar-refractivity contribution in [3.63, 3.8) is 0 Å². The number of nitrogens with zero attached hydrogens (tertiary/aromatic N) is 2. The molecule has 0 aliphatic heterocycles. The fraction of sp³-hybridized carbons (Fsp3) is 0. The molecule has 0 atom stereocenters. The molecule has 0 amide bonds. The van der Waals surface area contributed by atoms with E-state index in [1.54, 1.807) is 0 Å². The van der Waals surface area contributed by atoms with E-state index >= 15 is 0 Å². The van der Waals surface area contributed by atoms with Gasteiger partial charge in [0.2, 0.25) is 0 Å². The zero-order chi connectivity index (χ0) is 9.86. The first-order chi connectivity index (χ1) is 4.88. The van der Waals surface area contributed by atoms with Gasteiger partial charge in [-0.2, -0.15) is 0 Å². The Labute approximate surface area is 112 Å². The minimum Gasteiger partial charge on any atom is -0.356 e. The van der Waals surface area contributed by atoms with E-state index in [1.807, 2.05) is 0 Å². The summed E-state index contributed by atoms with van der Waals surface area (Å²) in [5, 5.41) is 29.5. The predicted molar refractivity (Wildman–Crippen MR) is 42.5 cm³/mol. The van der Waals surface area contributed by atoms with Gasteiger partial charge in [0.05, 0.1) is 10.2 Å². The molecule has 0 saturated heterocycles. The van der Waals surface area contributed by atoms with Gasteiger partial charge >= 0.3 is 48.9 Å². The second kappa shape index (κ2) is 22.4. The van der Waals surface area contributed by atoms with Gasteiger partial charge in [0.15, 0.2) is 0 Å². The van der Waals surface area contributed by atoms with E-state index in [0.717, 1.165) is 0 Å². The summed E-state index contributed by atoms with van der Waals surface area (Å²) in [5.41, 5.74) is 1.22. The van der Waals surface area contributed by atoms with Gasteiger partial charge in [0, 0.05) is 0 Å². The van der Waals surface area contributed by atoms with E-state index < -0.39 is 10.2 Å². The first-order valence-corrected chi connectivity index (χ1v) is 2.16. The molecule has 0 aliphatic rings. The molecule has 0 spiro atoms. The van der Waals surface area contributed by atoms with Crippen molar-refractivity contribution in [2.75, 3.05) is 0 Å². The maximum Gasteiger partial charge on any atom is 2.00 e. The maximum absolute atomic E-state index is 8.25. The molecule has 12 heavy (non-hydrogen) atoms. The van der Waals surface area contributed by atoms with Gasteiger partial charge in [-0.25, -0.2) is 0 Å². The molecule has 0 aromatic heterocycles. The molecule has 0 saturated carbocycles. The molecule has 0 N–H and O–H groups in total. The Kier molecular flexibility index (Phi) is 42.4. The van der Waals surface area contributed by atoms with E-state index in [2.05, 4.69) is 6.58 Å². The van der Waals surface area contributed by atoms with Crippen LogP contribution in [0.15, 0.2) is 12.1 Å². The van der Waals surface area contributed by atoms with Crippen LogP contribution in [0.4, 0.5) is 0 Å². The van der Waals surface area contributed by atoms with Gasteiger partial charge in [-0.05, 0) is 5.54 Å². The molecule has 66 valence electrons. The van der Waals surface area contributed by atoms with E-state index in [4.69, 9.17) is 42.2 Å². The smallest absolute Gasteiger partial charge is 0.356 e. The number of rotatable bonds is 0. The maximum atomic E-state index is 8.25. The minimum atomic E-state index is -1.75. The monoisotopic (exact) mass is 324 g/mol. The van der Waals surface area contributed by atoms with Crippen LogP contribution in [0.5, 0.6) is 0 Å². The Morgan fingerprint density at radius 2 is 1.08 bits per heavy atom. The fourth-order valence-corrected chi connectivity index (χ4v) is 0. The molecule has 8 nitrogen and oxygen atoms in total. The summed E-state index contributed by atoms with van der Waals surface area (Å²) >= 11 is 4.76. The van der Waals surface area contributed by atoms with Crippen LogP contribution in [-0.2, 0) is 0 Å². The van der Waals surface area contributed by atoms with Crippen LogP contribution in [0.25, 0.3) is 0 Å². The number of halogens is 1. The molecule has 0 rings (SSSR count). The Hall–Kier alpha value is 0.00143. The van der Waals surface area contributed by atoms with E-state index in [9.17, 15) is 0 Å². The first kappa shape index (κ1) is 22.7. The van der Waals surface area contributed by atoms with Gasteiger partial charge in [0.25, 0.3) is 0 Å². The first-order valence-electron chi connectivity index (χ1n) is 1.72. The third-order valence-corrected chi connectivity index (χ3v) is 0. The largest absolute Gasteiger partial charge is 2.00 e. The van der Waals surface area contributed by atoms with Crippen LogP contribution in [0.2, 0.25) is 0 Å². The zero-order valence-corrected chi connectivity index (χ0v) is 10.9. The van der Waals surface area contributed by atoms with Gasteiger partial charge < -0.3 is 30.6 Å². The molecule has 0 radical (unpaired) electrons. The minimum absolute atomic E-state index is 0. The average molecular weight is 324 g/mol. The quantitative estimate of drug-likeness (QED) is 0.362. The summed E-state index contributed by atoms with van der Waals surface area (Å²) in [6, 6.07) is 0. The SMILES string of the molecule is C=CCl.O=[N+]([O-])[O-].O=[N+]([O-])[O-].[Ba+2]. The average Bonchev–Trinajstić information content (AvgIpc) is 1.60. The van der Waals surface area contributed by atoms with Crippen molar-refractivity contribution >= 4 is 60.5 Å². The standard InChI is InChI=1S/C2H3Cl.Ba.2NO3/c1-2-3;;2*2-1(3)4/h2H,1H2;;;/q;+2;2*-1. The number of hydrogen-bond acceptors (Lipinski definition) is 6. The van der Waals surface area contributed by atoms with E-state index in [-0.39, 0.29) is 48.9 Å². The van der Waals surface area contributed by atoms with Crippen molar-refractivity contribution in [3.05, 3.63) is 42.8 Å². The summed E-state index contributed by atoms with van der Waals surface area (Å²) in [6.07, 6.45) is 0. The van der Waals surface area contributed by atoms with Crippen LogP contribution in [-0.4, -0.2) is 59.1 Å². The fourth-order valence-electron chi connectivity index (χ4n) is 0. The van der Waals surface area contributed by atoms with Gasteiger partial charge in [-0.15, -0.1) is 0 Å². The third kappa shape index (κ3) is 397000000. The zero-order valence-electron chi connectivity index (χ0n) is 5.71. The Bertz CT molecular complexity index is 111. The molecule has 10 heteroatoms. The predicted octanol–water partition coefficient (Wildman–Crippen LogP) is 0.510. The van der Waals surface area contributed by atoms with Crippen molar-refractivity contribution in [2.45, 2.75) is 0 Å². The molecule has 0 aromatic rings. The Morgan fingerprint density at radius 3 is 1.08 bits per heavy atom. The van der Waals surface area contributed by atoms with Crippen molar-refractivity contribution in [3.8, 4) is 0 Å². The van der Waals surface area contributed by atoms with E-state index in [0.29, 0.717) is 0 Å². The van der Waals surface area contributed by atoms with Crippen molar-refractivity contribution in [2.24, 2.45) is 0 Å². The summed E-state index contributed by atoms with van der Waals surface area (Å²) < 4.78 is 0. The van der Waals surface area contributed by atoms with Crippen LogP contribution in [0.3, 0.4) is 0 Å². The molecule has 0 heterocycles. The van der Waals surface area contributed by atoms with Crippen molar-refractivity contribution < 1.29 is 10.2 Å². The van der Waals surface area contributed by atoms with Gasteiger partial charge in [-0.1, -0.05) is 18.2 Å². The normalized spacial score (nSPS) is 5.08. The number of hydrogen-bond donors (Lipinski definition) is 0. The van der Waals surface area contributed by atoms with Crippen LogP contribution in [0, 0.1) is 30.6 Å². The third-order valence-electron chi connectivity index (χ3n) is 0.